The Morgan fingerprint density at radius 2 is 2.31 bits per heavy atom. The Hall–Kier alpha value is -0.220. The molecular weight excluding hydrogens is 186 g/mol. The molecule has 4 heteroatoms. The molecule has 0 aliphatic rings. The van der Waals surface area contributed by atoms with Crippen molar-refractivity contribution in [2.75, 3.05) is 24.7 Å². The van der Waals surface area contributed by atoms with Crippen molar-refractivity contribution in [3.05, 3.63) is 0 Å². The van der Waals surface area contributed by atoms with Gasteiger partial charge >= 0.3 is 0 Å². The van der Waals surface area contributed by atoms with Crippen LogP contribution in [0, 0.1) is 5.92 Å². The zero-order valence-corrected chi connectivity index (χ0v) is 9.19. The van der Waals surface area contributed by atoms with Gasteiger partial charge in [-0.2, -0.15) is 11.8 Å². The Balaban J connectivity index is 3.26. The van der Waals surface area contributed by atoms with E-state index in [0.717, 1.165) is 18.7 Å². The number of aliphatic hydroxyl groups excluding tert-OH is 1. The van der Waals surface area contributed by atoms with Gasteiger partial charge in [-0.3, -0.25) is 4.79 Å². The van der Waals surface area contributed by atoms with Gasteiger partial charge < -0.3 is 10.4 Å². The number of amides is 1. The smallest absolute Gasteiger partial charge is 0.229 e. The molecule has 0 aliphatic heterocycles. The molecule has 13 heavy (non-hydrogen) atoms. The van der Waals surface area contributed by atoms with Crippen LogP contribution in [0.4, 0.5) is 0 Å². The molecule has 2 N–H and O–H groups in total. The molecule has 1 unspecified atom stereocenters. The first-order valence-corrected chi connectivity index (χ1v) is 5.81. The lowest BCUT2D eigenvalue weighted by molar-refractivity contribution is -0.118. The Morgan fingerprint density at radius 3 is 2.85 bits per heavy atom. The maximum atomic E-state index is 11.1. The fourth-order valence-electron chi connectivity index (χ4n) is 0.721. The first-order valence-electron chi connectivity index (χ1n) is 4.66. The summed E-state index contributed by atoms with van der Waals surface area (Å²) in [6.45, 7) is 4.96. The summed E-state index contributed by atoms with van der Waals surface area (Å²) in [6.07, 6.45) is 0.976. The highest BCUT2D eigenvalue weighted by atomic mass is 32.2. The summed E-state index contributed by atoms with van der Waals surface area (Å²) in [7, 11) is 0. The third kappa shape index (κ3) is 8.12. The van der Waals surface area contributed by atoms with Crippen molar-refractivity contribution >= 4 is 17.7 Å². The highest BCUT2D eigenvalue weighted by molar-refractivity contribution is 7.99. The van der Waals surface area contributed by atoms with Crippen molar-refractivity contribution in [2.24, 2.45) is 5.92 Å². The van der Waals surface area contributed by atoms with E-state index in [-0.39, 0.29) is 18.4 Å². The highest BCUT2D eigenvalue weighted by Crippen LogP contribution is 2.06. The zero-order chi connectivity index (χ0) is 10.1. The lowest BCUT2D eigenvalue weighted by atomic mass is 10.2. The van der Waals surface area contributed by atoms with Crippen molar-refractivity contribution in [2.45, 2.75) is 20.3 Å². The number of hydrogen-bond acceptors (Lipinski definition) is 3. The Kier molecular flexibility index (Phi) is 8.24. The van der Waals surface area contributed by atoms with Crippen LogP contribution >= 0.6 is 11.8 Å². The number of carbonyl (C=O) groups excluding carboxylic acids is 1. The number of hydrogen-bond donors (Lipinski definition) is 2. The van der Waals surface area contributed by atoms with Crippen LogP contribution in [0.5, 0.6) is 0 Å². The first-order chi connectivity index (χ1) is 6.20. The van der Waals surface area contributed by atoms with E-state index in [1.807, 2.05) is 13.8 Å². The summed E-state index contributed by atoms with van der Waals surface area (Å²) >= 11 is 1.57. The lowest BCUT2D eigenvalue weighted by Crippen LogP contribution is -2.26. The van der Waals surface area contributed by atoms with Crippen LogP contribution in [-0.4, -0.2) is 35.7 Å². The number of rotatable bonds is 7. The third-order valence-corrected chi connectivity index (χ3v) is 2.79. The SMILES string of the molecule is CCCNC(=O)CSCC(C)CO. The molecular formula is C9H19NO2S. The fourth-order valence-corrected chi connectivity index (χ4v) is 1.63. The molecule has 1 atom stereocenters. The van der Waals surface area contributed by atoms with Crippen molar-refractivity contribution in [1.82, 2.24) is 5.32 Å². The van der Waals surface area contributed by atoms with Gasteiger partial charge in [0.1, 0.15) is 0 Å². The minimum Gasteiger partial charge on any atom is -0.396 e. The van der Waals surface area contributed by atoms with E-state index in [1.165, 1.54) is 0 Å². The van der Waals surface area contributed by atoms with Gasteiger partial charge in [0.25, 0.3) is 0 Å². The van der Waals surface area contributed by atoms with Gasteiger partial charge in [0, 0.05) is 13.2 Å². The summed E-state index contributed by atoms with van der Waals surface area (Å²) in [6, 6.07) is 0. The van der Waals surface area contributed by atoms with Crippen LogP contribution < -0.4 is 5.32 Å². The highest BCUT2D eigenvalue weighted by Gasteiger charge is 2.03. The van der Waals surface area contributed by atoms with Crippen molar-refractivity contribution < 1.29 is 9.90 Å². The van der Waals surface area contributed by atoms with Crippen LogP contribution in [0.1, 0.15) is 20.3 Å². The summed E-state index contributed by atoms with van der Waals surface area (Å²) < 4.78 is 0. The minimum atomic E-state index is 0.0944. The monoisotopic (exact) mass is 205 g/mol. The summed E-state index contributed by atoms with van der Waals surface area (Å²) in [5.74, 6) is 1.72. The topological polar surface area (TPSA) is 49.3 Å². The summed E-state index contributed by atoms with van der Waals surface area (Å²) in [5.41, 5.74) is 0. The van der Waals surface area contributed by atoms with E-state index in [9.17, 15) is 4.79 Å². The minimum absolute atomic E-state index is 0.0944. The van der Waals surface area contributed by atoms with Gasteiger partial charge in [-0.05, 0) is 18.1 Å². The molecule has 0 aliphatic carbocycles. The second kappa shape index (κ2) is 8.38. The number of aliphatic hydroxyl groups is 1. The predicted molar refractivity (Wildman–Crippen MR) is 56.9 cm³/mol. The Bertz CT molecular complexity index is 142. The zero-order valence-electron chi connectivity index (χ0n) is 8.38. The maximum Gasteiger partial charge on any atom is 0.229 e. The molecule has 0 heterocycles. The number of thioether (sulfide) groups is 1. The van der Waals surface area contributed by atoms with Crippen LogP contribution in [0.2, 0.25) is 0 Å². The Labute approximate surface area is 84.3 Å². The Morgan fingerprint density at radius 1 is 1.62 bits per heavy atom. The quantitative estimate of drug-likeness (QED) is 0.648. The van der Waals surface area contributed by atoms with E-state index < -0.39 is 0 Å². The molecule has 0 saturated heterocycles. The maximum absolute atomic E-state index is 11.1. The molecule has 0 radical (unpaired) electrons. The second-order valence-electron chi connectivity index (χ2n) is 3.15. The lowest BCUT2D eigenvalue weighted by Gasteiger charge is -2.06. The van der Waals surface area contributed by atoms with Gasteiger partial charge in [-0.25, -0.2) is 0 Å². The average Bonchev–Trinajstić information content (AvgIpc) is 2.14. The second-order valence-corrected chi connectivity index (χ2v) is 4.18. The predicted octanol–water partition coefficient (Wildman–Crippen LogP) is 0.874. The molecule has 0 aromatic rings. The largest absolute Gasteiger partial charge is 0.396 e. The molecule has 0 aromatic heterocycles. The average molecular weight is 205 g/mol. The molecule has 0 saturated carbocycles. The van der Waals surface area contributed by atoms with Gasteiger partial charge in [-0.1, -0.05) is 13.8 Å². The van der Waals surface area contributed by atoms with Crippen molar-refractivity contribution in [3.8, 4) is 0 Å². The molecule has 78 valence electrons. The molecule has 3 nitrogen and oxygen atoms in total. The molecule has 0 aromatic carbocycles. The molecule has 0 bridgehead atoms. The van der Waals surface area contributed by atoms with Crippen LogP contribution in [0.25, 0.3) is 0 Å². The third-order valence-electron chi connectivity index (χ3n) is 1.52. The summed E-state index contributed by atoms with van der Waals surface area (Å²) in [4.78, 5) is 11.1. The molecule has 1 amide bonds. The van der Waals surface area contributed by atoms with Crippen LogP contribution in [-0.2, 0) is 4.79 Å². The summed E-state index contributed by atoms with van der Waals surface area (Å²) in [5, 5.41) is 11.5. The van der Waals surface area contributed by atoms with E-state index in [0.29, 0.717) is 5.75 Å². The standard InChI is InChI=1S/C9H19NO2S/c1-3-4-10-9(12)7-13-6-8(2)5-11/h8,11H,3-7H2,1-2H3,(H,10,12). The van der Waals surface area contributed by atoms with Crippen molar-refractivity contribution in [1.29, 1.82) is 0 Å². The fraction of sp³-hybridized carbons (Fsp3) is 0.889. The first kappa shape index (κ1) is 12.8. The van der Waals surface area contributed by atoms with Crippen molar-refractivity contribution in [3.63, 3.8) is 0 Å². The van der Waals surface area contributed by atoms with E-state index >= 15 is 0 Å². The molecule has 0 rings (SSSR count). The van der Waals surface area contributed by atoms with Gasteiger partial charge in [0.05, 0.1) is 5.75 Å². The van der Waals surface area contributed by atoms with Crippen LogP contribution in [0.3, 0.4) is 0 Å². The normalized spacial score (nSPS) is 12.5. The van der Waals surface area contributed by atoms with E-state index in [1.54, 1.807) is 11.8 Å². The molecule has 0 spiro atoms. The molecule has 0 fully saturated rings. The number of carbonyl (C=O) groups is 1. The van der Waals surface area contributed by atoms with Gasteiger partial charge in [-0.15, -0.1) is 0 Å². The van der Waals surface area contributed by atoms with E-state index in [4.69, 9.17) is 5.11 Å². The number of nitrogens with one attached hydrogen (secondary N) is 1. The van der Waals surface area contributed by atoms with Crippen LogP contribution in [0.15, 0.2) is 0 Å². The van der Waals surface area contributed by atoms with Gasteiger partial charge in [0.15, 0.2) is 0 Å². The van der Waals surface area contributed by atoms with Gasteiger partial charge in [0.2, 0.25) is 5.91 Å². The van der Waals surface area contributed by atoms with E-state index in [2.05, 4.69) is 5.32 Å².